The van der Waals surface area contributed by atoms with Crippen molar-refractivity contribution in [2.45, 2.75) is 32.7 Å². The number of aliphatic hydroxyl groups excluding tert-OH is 1. The number of aliphatic hydroxyl groups is 1. The maximum absolute atomic E-state index is 9.13. The average molecular weight is 266 g/mol. The van der Waals surface area contributed by atoms with E-state index in [0.29, 0.717) is 24.9 Å². The molecule has 0 heterocycles. The highest BCUT2D eigenvalue weighted by atomic mass is 16.5. The first-order valence-corrected chi connectivity index (χ1v) is 7.04. The van der Waals surface area contributed by atoms with Gasteiger partial charge in [-0.15, -0.1) is 0 Å². The molecule has 0 atom stereocenters. The minimum absolute atomic E-state index is 0.189. The molecule has 19 heavy (non-hydrogen) atoms. The van der Waals surface area contributed by atoms with Crippen LogP contribution in [0.2, 0.25) is 0 Å². The Morgan fingerprint density at radius 1 is 1.26 bits per heavy atom. The normalized spacial score (nSPS) is 11.2. The fraction of sp³-hybridized carbons (Fsp3) is 0.600. The van der Waals surface area contributed by atoms with E-state index in [9.17, 15) is 0 Å². The Morgan fingerprint density at radius 3 is 2.58 bits per heavy atom. The van der Waals surface area contributed by atoms with Crippen LogP contribution in [0.15, 0.2) is 24.3 Å². The topological polar surface area (TPSA) is 58.7 Å². The van der Waals surface area contributed by atoms with E-state index in [4.69, 9.17) is 15.6 Å². The minimum Gasteiger partial charge on any atom is -0.492 e. The second kappa shape index (κ2) is 8.77. The monoisotopic (exact) mass is 266 g/mol. The standard InChI is InChI=1S/C15H26N2O2/c1-3-14(4-2)17(8-10-18)9-11-19-15-7-5-6-13(16)12-15/h5-7,12,14,18H,3-4,8-11,16H2,1-2H3. The molecule has 0 spiro atoms. The molecule has 0 aliphatic carbocycles. The SMILES string of the molecule is CCC(CC)N(CCO)CCOc1cccc(N)c1. The number of hydrogen-bond acceptors (Lipinski definition) is 4. The molecular weight excluding hydrogens is 240 g/mol. The second-order valence-corrected chi connectivity index (χ2v) is 4.65. The van der Waals surface area contributed by atoms with Crippen molar-refractivity contribution >= 4 is 5.69 Å². The van der Waals surface area contributed by atoms with E-state index in [1.165, 1.54) is 0 Å². The summed E-state index contributed by atoms with van der Waals surface area (Å²) < 4.78 is 5.70. The van der Waals surface area contributed by atoms with E-state index in [1.54, 1.807) is 0 Å². The van der Waals surface area contributed by atoms with Gasteiger partial charge in [0.25, 0.3) is 0 Å². The first-order valence-electron chi connectivity index (χ1n) is 7.04. The molecule has 0 aromatic heterocycles. The van der Waals surface area contributed by atoms with Gasteiger partial charge < -0.3 is 15.6 Å². The summed E-state index contributed by atoms with van der Waals surface area (Å²) in [4.78, 5) is 2.28. The molecule has 4 heteroatoms. The molecule has 1 aromatic rings. The Kier molecular flexibility index (Phi) is 7.30. The largest absolute Gasteiger partial charge is 0.492 e. The molecule has 0 radical (unpaired) electrons. The lowest BCUT2D eigenvalue weighted by Crippen LogP contribution is -2.39. The highest BCUT2D eigenvalue weighted by Crippen LogP contribution is 2.15. The smallest absolute Gasteiger partial charge is 0.121 e. The van der Waals surface area contributed by atoms with Crippen LogP contribution in [-0.2, 0) is 0 Å². The third-order valence-electron chi connectivity index (χ3n) is 3.35. The molecule has 1 aromatic carbocycles. The Labute approximate surface area is 116 Å². The van der Waals surface area contributed by atoms with Crippen LogP contribution in [0.5, 0.6) is 5.75 Å². The summed E-state index contributed by atoms with van der Waals surface area (Å²) in [6.45, 7) is 6.68. The van der Waals surface area contributed by atoms with Crippen LogP contribution in [0.1, 0.15) is 26.7 Å². The predicted octanol–water partition coefficient (Wildman–Crippen LogP) is 2.13. The number of rotatable bonds is 9. The molecule has 0 unspecified atom stereocenters. The maximum atomic E-state index is 9.13. The van der Waals surface area contributed by atoms with Crippen LogP contribution in [-0.4, -0.2) is 42.4 Å². The van der Waals surface area contributed by atoms with E-state index in [1.807, 2.05) is 24.3 Å². The molecule has 0 bridgehead atoms. The quantitative estimate of drug-likeness (QED) is 0.672. The van der Waals surface area contributed by atoms with Gasteiger partial charge in [-0.1, -0.05) is 19.9 Å². The lowest BCUT2D eigenvalue weighted by Gasteiger charge is -2.29. The summed E-state index contributed by atoms with van der Waals surface area (Å²) >= 11 is 0. The highest BCUT2D eigenvalue weighted by molar-refractivity contribution is 5.43. The molecule has 3 N–H and O–H groups in total. The number of nitrogens with zero attached hydrogens (tertiary/aromatic N) is 1. The van der Waals surface area contributed by atoms with Gasteiger partial charge in [0.1, 0.15) is 12.4 Å². The average Bonchev–Trinajstić information content (AvgIpc) is 2.40. The van der Waals surface area contributed by atoms with E-state index in [-0.39, 0.29) is 6.61 Å². The molecule has 108 valence electrons. The third-order valence-corrected chi connectivity index (χ3v) is 3.35. The minimum atomic E-state index is 0.189. The first-order chi connectivity index (χ1) is 9.21. The van der Waals surface area contributed by atoms with E-state index < -0.39 is 0 Å². The van der Waals surface area contributed by atoms with E-state index >= 15 is 0 Å². The molecule has 4 nitrogen and oxygen atoms in total. The number of nitrogen functional groups attached to an aromatic ring is 1. The van der Waals surface area contributed by atoms with Crippen molar-refractivity contribution in [2.24, 2.45) is 0 Å². The lowest BCUT2D eigenvalue weighted by molar-refractivity contribution is 0.122. The number of nitrogens with two attached hydrogens (primary N) is 1. The van der Waals surface area contributed by atoms with Gasteiger partial charge in [0, 0.05) is 30.9 Å². The van der Waals surface area contributed by atoms with Gasteiger partial charge in [-0.25, -0.2) is 0 Å². The van der Waals surface area contributed by atoms with Crippen molar-refractivity contribution < 1.29 is 9.84 Å². The number of hydrogen-bond donors (Lipinski definition) is 2. The van der Waals surface area contributed by atoms with Gasteiger partial charge in [0.2, 0.25) is 0 Å². The Hall–Kier alpha value is -1.26. The Morgan fingerprint density at radius 2 is 2.00 bits per heavy atom. The van der Waals surface area contributed by atoms with Gasteiger partial charge in [0.15, 0.2) is 0 Å². The van der Waals surface area contributed by atoms with Crippen LogP contribution in [0.3, 0.4) is 0 Å². The number of ether oxygens (including phenoxy) is 1. The fourth-order valence-electron chi connectivity index (χ4n) is 2.30. The van der Waals surface area contributed by atoms with Crippen molar-refractivity contribution in [3.8, 4) is 5.75 Å². The van der Waals surface area contributed by atoms with Crippen molar-refractivity contribution in [3.63, 3.8) is 0 Å². The Bertz CT molecular complexity index is 354. The summed E-state index contributed by atoms with van der Waals surface area (Å²) in [6.07, 6.45) is 2.18. The van der Waals surface area contributed by atoms with Crippen molar-refractivity contribution in [2.75, 3.05) is 32.0 Å². The summed E-state index contributed by atoms with van der Waals surface area (Å²) in [6, 6.07) is 7.97. The van der Waals surface area contributed by atoms with E-state index in [0.717, 1.165) is 25.1 Å². The van der Waals surface area contributed by atoms with Gasteiger partial charge in [-0.05, 0) is 25.0 Å². The highest BCUT2D eigenvalue weighted by Gasteiger charge is 2.14. The predicted molar refractivity (Wildman–Crippen MR) is 79.4 cm³/mol. The van der Waals surface area contributed by atoms with Gasteiger partial charge in [-0.2, -0.15) is 0 Å². The molecule has 1 rings (SSSR count). The molecule has 0 saturated heterocycles. The molecule has 0 aliphatic rings. The summed E-state index contributed by atoms with van der Waals surface area (Å²) in [5.41, 5.74) is 6.42. The van der Waals surface area contributed by atoms with Crippen molar-refractivity contribution in [1.82, 2.24) is 4.90 Å². The van der Waals surface area contributed by atoms with Crippen molar-refractivity contribution in [1.29, 1.82) is 0 Å². The number of anilines is 1. The fourth-order valence-corrected chi connectivity index (χ4v) is 2.30. The lowest BCUT2D eigenvalue weighted by atomic mass is 10.1. The number of benzene rings is 1. The second-order valence-electron chi connectivity index (χ2n) is 4.65. The molecular formula is C15H26N2O2. The zero-order valence-corrected chi connectivity index (χ0v) is 12.0. The summed E-state index contributed by atoms with van der Waals surface area (Å²) in [7, 11) is 0. The van der Waals surface area contributed by atoms with Crippen LogP contribution >= 0.6 is 0 Å². The maximum Gasteiger partial charge on any atom is 0.121 e. The summed E-state index contributed by atoms with van der Waals surface area (Å²) in [5.74, 6) is 0.800. The van der Waals surface area contributed by atoms with Crippen LogP contribution in [0.25, 0.3) is 0 Å². The van der Waals surface area contributed by atoms with Gasteiger partial charge in [-0.3, -0.25) is 4.90 Å². The van der Waals surface area contributed by atoms with Crippen LogP contribution in [0, 0.1) is 0 Å². The van der Waals surface area contributed by atoms with Crippen LogP contribution < -0.4 is 10.5 Å². The zero-order valence-electron chi connectivity index (χ0n) is 12.0. The van der Waals surface area contributed by atoms with Gasteiger partial charge >= 0.3 is 0 Å². The third kappa shape index (κ3) is 5.49. The molecule has 0 fully saturated rings. The van der Waals surface area contributed by atoms with E-state index in [2.05, 4.69) is 18.7 Å². The first kappa shape index (κ1) is 15.8. The van der Waals surface area contributed by atoms with Crippen molar-refractivity contribution in [3.05, 3.63) is 24.3 Å². The summed E-state index contributed by atoms with van der Waals surface area (Å²) in [5, 5.41) is 9.13. The molecule has 0 saturated carbocycles. The molecule has 0 aliphatic heterocycles. The van der Waals surface area contributed by atoms with Crippen LogP contribution in [0.4, 0.5) is 5.69 Å². The zero-order chi connectivity index (χ0) is 14.1. The molecule has 0 amide bonds. The Balaban J connectivity index is 2.43. The van der Waals surface area contributed by atoms with Gasteiger partial charge in [0.05, 0.1) is 6.61 Å².